The Morgan fingerprint density at radius 3 is 2.89 bits per heavy atom. The predicted octanol–water partition coefficient (Wildman–Crippen LogP) is 2.65. The molecule has 1 aliphatic carbocycles. The molecule has 1 amide bonds. The fourth-order valence-corrected chi connectivity index (χ4v) is 3.68. The Morgan fingerprint density at radius 1 is 1.61 bits per heavy atom. The number of thiophene rings is 1. The number of aryl methyl sites for hydroxylation is 2. The lowest BCUT2D eigenvalue weighted by atomic mass is 9.85. The molecule has 0 aliphatic heterocycles. The Bertz CT molecular complexity index is 455. The van der Waals surface area contributed by atoms with E-state index in [0.29, 0.717) is 0 Å². The van der Waals surface area contributed by atoms with Gasteiger partial charge in [-0.15, -0.1) is 11.3 Å². The Morgan fingerprint density at radius 2 is 2.33 bits per heavy atom. The number of amides is 1. The number of carbonyl (C=O) groups excluding carboxylic acids is 1. The van der Waals surface area contributed by atoms with Gasteiger partial charge in [0.2, 0.25) is 0 Å². The van der Waals surface area contributed by atoms with Gasteiger partial charge >= 0.3 is 0 Å². The van der Waals surface area contributed by atoms with E-state index < -0.39 is 0 Å². The van der Waals surface area contributed by atoms with E-state index in [-0.39, 0.29) is 24.0 Å². The van der Waals surface area contributed by atoms with Crippen LogP contribution in [0, 0.1) is 19.3 Å². The minimum Gasteiger partial charge on any atom is -0.396 e. The van der Waals surface area contributed by atoms with Crippen molar-refractivity contribution in [2.24, 2.45) is 5.41 Å². The van der Waals surface area contributed by atoms with Gasteiger partial charge in [0.05, 0.1) is 12.2 Å². The molecule has 1 fully saturated rings. The van der Waals surface area contributed by atoms with E-state index in [1.165, 1.54) is 0 Å². The topological polar surface area (TPSA) is 49.3 Å². The van der Waals surface area contributed by atoms with E-state index in [9.17, 15) is 9.90 Å². The normalized spacial score (nSPS) is 27.4. The van der Waals surface area contributed by atoms with Gasteiger partial charge in [0.15, 0.2) is 0 Å². The van der Waals surface area contributed by atoms with Crippen molar-refractivity contribution < 1.29 is 9.90 Å². The van der Waals surface area contributed by atoms with E-state index >= 15 is 0 Å². The average Bonchev–Trinajstić information content (AvgIpc) is 2.84. The minimum atomic E-state index is -0.158. The largest absolute Gasteiger partial charge is 0.396 e. The highest BCUT2D eigenvalue weighted by Gasteiger charge is 2.39. The number of rotatable bonds is 3. The fourth-order valence-electron chi connectivity index (χ4n) is 2.76. The van der Waals surface area contributed by atoms with Crippen LogP contribution in [0.4, 0.5) is 0 Å². The van der Waals surface area contributed by atoms with Gasteiger partial charge in [-0.2, -0.15) is 0 Å². The molecule has 2 atom stereocenters. The lowest BCUT2D eigenvalue weighted by molar-refractivity contribution is 0.0830. The zero-order valence-corrected chi connectivity index (χ0v) is 12.1. The zero-order valence-electron chi connectivity index (χ0n) is 11.2. The number of hydrogen-bond acceptors (Lipinski definition) is 3. The summed E-state index contributed by atoms with van der Waals surface area (Å²) in [4.78, 5) is 14.5. The molecule has 0 saturated heterocycles. The van der Waals surface area contributed by atoms with Crippen molar-refractivity contribution >= 4 is 17.2 Å². The van der Waals surface area contributed by atoms with Crippen LogP contribution in [-0.4, -0.2) is 23.7 Å². The summed E-state index contributed by atoms with van der Waals surface area (Å²) < 4.78 is 0. The van der Waals surface area contributed by atoms with Crippen LogP contribution in [0.2, 0.25) is 0 Å². The maximum atomic E-state index is 12.3. The molecule has 0 bridgehead atoms. The molecule has 2 unspecified atom stereocenters. The molecule has 3 nitrogen and oxygen atoms in total. The summed E-state index contributed by atoms with van der Waals surface area (Å²) in [5.41, 5.74) is 0.624. The van der Waals surface area contributed by atoms with Crippen molar-refractivity contribution in [3.63, 3.8) is 0 Å². The first-order chi connectivity index (χ1) is 8.46. The van der Waals surface area contributed by atoms with Gasteiger partial charge in [0.25, 0.3) is 5.91 Å². The second-order valence-electron chi connectivity index (χ2n) is 5.56. The van der Waals surface area contributed by atoms with Crippen molar-refractivity contribution in [1.82, 2.24) is 5.32 Å². The van der Waals surface area contributed by atoms with Crippen molar-refractivity contribution in [3.05, 3.63) is 21.4 Å². The van der Waals surface area contributed by atoms with Gasteiger partial charge < -0.3 is 10.4 Å². The average molecular weight is 267 g/mol. The molecule has 1 aliphatic rings. The lowest BCUT2D eigenvalue weighted by Crippen LogP contribution is -2.44. The molecule has 0 spiro atoms. The highest BCUT2D eigenvalue weighted by molar-refractivity contribution is 7.12. The third kappa shape index (κ3) is 2.45. The molecule has 1 aromatic rings. The second-order valence-corrected chi connectivity index (χ2v) is 7.02. The Kier molecular flexibility index (Phi) is 3.78. The maximum absolute atomic E-state index is 12.3. The summed E-state index contributed by atoms with van der Waals surface area (Å²) in [5, 5.41) is 12.6. The van der Waals surface area contributed by atoms with Crippen molar-refractivity contribution in [3.8, 4) is 0 Å². The van der Waals surface area contributed by atoms with Crippen LogP contribution in [0.3, 0.4) is 0 Å². The van der Waals surface area contributed by atoms with Crippen LogP contribution in [0.25, 0.3) is 0 Å². The quantitative estimate of drug-likeness (QED) is 0.884. The minimum absolute atomic E-state index is 0.00317. The molecule has 2 rings (SSSR count). The zero-order chi connectivity index (χ0) is 13.3. The highest BCUT2D eigenvalue weighted by Crippen LogP contribution is 2.37. The van der Waals surface area contributed by atoms with Gasteiger partial charge in [-0.3, -0.25) is 4.79 Å². The van der Waals surface area contributed by atoms with Crippen LogP contribution in [0.15, 0.2) is 6.07 Å². The first-order valence-corrected chi connectivity index (χ1v) is 7.27. The summed E-state index contributed by atoms with van der Waals surface area (Å²) in [5.74, 6) is 0.00317. The van der Waals surface area contributed by atoms with E-state index in [1.54, 1.807) is 11.3 Å². The predicted molar refractivity (Wildman–Crippen MR) is 74.1 cm³/mol. The van der Waals surface area contributed by atoms with Gasteiger partial charge in [0, 0.05) is 21.2 Å². The van der Waals surface area contributed by atoms with E-state index in [1.807, 2.05) is 19.9 Å². The van der Waals surface area contributed by atoms with Crippen LogP contribution in [-0.2, 0) is 0 Å². The third-order valence-corrected chi connectivity index (χ3v) is 5.00. The van der Waals surface area contributed by atoms with Gasteiger partial charge in [0.1, 0.15) is 0 Å². The Labute approximate surface area is 112 Å². The van der Waals surface area contributed by atoms with Crippen molar-refractivity contribution in [1.29, 1.82) is 0 Å². The maximum Gasteiger partial charge on any atom is 0.252 e. The summed E-state index contributed by atoms with van der Waals surface area (Å²) in [6.07, 6.45) is 3.02. The lowest BCUT2D eigenvalue weighted by Gasteiger charge is -2.30. The van der Waals surface area contributed by atoms with Crippen LogP contribution >= 0.6 is 11.3 Å². The molecular formula is C14H21NO2S. The number of hydrogen-bond donors (Lipinski definition) is 2. The standard InChI is InChI=1S/C14H21NO2S/c1-9-7-11(10(2)18-9)13(17)15-12-5-4-6-14(12,3)8-16/h7,12,16H,4-6,8H2,1-3H3,(H,15,17). The SMILES string of the molecule is Cc1cc(C(=O)NC2CCCC2(C)CO)c(C)s1. The molecule has 1 aromatic heterocycles. The smallest absolute Gasteiger partial charge is 0.252 e. The molecule has 1 heterocycles. The third-order valence-electron chi connectivity index (χ3n) is 4.03. The summed E-state index contributed by atoms with van der Waals surface area (Å²) in [6, 6.07) is 2.04. The van der Waals surface area contributed by atoms with Crippen molar-refractivity contribution in [2.75, 3.05) is 6.61 Å². The molecule has 18 heavy (non-hydrogen) atoms. The number of aliphatic hydroxyl groups excluding tert-OH is 1. The fraction of sp³-hybridized carbons (Fsp3) is 0.643. The molecule has 4 heteroatoms. The molecule has 1 saturated carbocycles. The summed E-state index contributed by atoms with van der Waals surface area (Å²) in [6.45, 7) is 6.19. The number of nitrogens with one attached hydrogen (secondary N) is 1. The molecule has 0 aromatic carbocycles. The van der Waals surface area contributed by atoms with Gasteiger partial charge in [-0.05, 0) is 32.8 Å². The van der Waals surface area contributed by atoms with Crippen molar-refractivity contribution in [2.45, 2.75) is 46.1 Å². The first-order valence-electron chi connectivity index (χ1n) is 6.45. The van der Waals surface area contributed by atoms with E-state index in [2.05, 4.69) is 12.2 Å². The summed E-state index contributed by atoms with van der Waals surface area (Å²) >= 11 is 1.65. The van der Waals surface area contributed by atoms with Crippen LogP contribution in [0.5, 0.6) is 0 Å². The first kappa shape index (κ1) is 13.6. The summed E-state index contributed by atoms with van der Waals surface area (Å²) in [7, 11) is 0. The van der Waals surface area contributed by atoms with E-state index in [0.717, 1.165) is 34.6 Å². The Balaban J connectivity index is 2.10. The van der Waals surface area contributed by atoms with Crippen LogP contribution < -0.4 is 5.32 Å². The molecule has 100 valence electrons. The number of aliphatic hydroxyl groups is 1. The van der Waals surface area contributed by atoms with Crippen LogP contribution in [0.1, 0.15) is 46.3 Å². The van der Waals surface area contributed by atoms with E-state index in [4.69, 9.17) is 0 Å². The van der Waals surface area contributed by atoms with Gasteiger partial charge in [-0.1, -0.05) is 13.3 Å². The second kappa shape index (κ2) is 5.02. The highest BCUT2D eigenvalue weighted by atomic mass is 32.1. The molecule has 0 radical (unpaired) electrons. The molecular weight excluding hydrogens is 246 g/mol. The monoisotopic (exact) mass is 267 g/mol. The molecule has 2 N–H and O–H groups in total. The number of carbonyl (C=O) groups is 1. The Hall–Kier alpha value is -0.870. The van der Waals surface area contributed by atoms with Gasteiger partial charge in [-0.25, -0.2) is 0 Å².